The largest absolute Gasteiger partial charge is 0.484 e. The second-order valence-electron chi connectivity index (χ2n) is 5.51. The molecule has 1 aromatic carbocycles. The SMILES string of the molecule is O=C(Nc1nc2ccc(OCC(F)(F)F)cc2s1)c1ncoc1-c1ccco1. The molecule has 0 atom stereocenters. The van der Waals surface area contributed by atoms with Gasteiger partial charge in [-0.1, -0.05) is 11.3 Å². The zero-order valence-electron chi connectivity index (χ0n) is 13.8. The molecule has 0 unspecified atom stereocenters. The number of furan rings is 1. The number of alkyl halides is 3. The number of fused-ring (bicyclic) bond motifs is 1. The van der Waals surface area contributed by atoms with Gasteiger partial charge in [0, 0.05) is 0 Å². The zero-order valence-corrected chi connectivity index (χ0v) is 14.6. The summed E-state index contributed by atoms with van der Waals surface area (Å²) < 4.78 is 52.5. The zero-order chi connectivity index (χ0) is 19.7. The molecule has 1 amide bonds. The number of carbonyl (C=O) groups excluding carboxylic acids is 1. The van der Waals surface area contributed by atoms with Crippen LogP contribution in [0.25, 0.3) is 21.7 Å². The Kier molecular flexibility index (Phi) is 4.51. The molecule has 0 saturated heterocycles. The third-order valence-corrected chi connectivity index (χ3v) is 4.44. The molecule has 0 fully saturated rings. The number of carbonyl (C=O) groups is 1. The van der Waals surface area contributed by atoms with E-state index in [4.69, 9.17) is 13.6 Å². The number of aromatic nitrogens is 2. The molecule has 0 aliphatic carbocycles. The lowest BCUT2D eigenvalue weighted by Gasteiger charge is -2.08. The summed E-state index contributed by atoms with van der Waals surface area (Å²) >= 11 is 1.09. The van der Waals surface area contributed by atoms with Gasteiger partial charge in [-0.05, 0) is 30.3 Å². The number of halogens is 3. The van der Waals surface area contributed by atoms with E-state index in [-0.39, 0.29) is 22.3 Å². The molecule has 4 aromatic rings. The summed E-state index contributed by atoms with van der Waals surface area (Å²) in [4.78, 5) is 20.6. The van der Waals surface area contributed by atoms with Crippen LogP contribution in [0, 0.1) is 0 Å². The fourth-order valence-electron chi connectivity index (χ4n) is 2.36. The van der Waals surface area contributed by atoms with E-state index < -0.39 is 18.7 Å². The Hall–Kier alpha value is -3.34. The summed E-state index contributed by atoms with van der Waals surface area (Å²) in [5.41, 5.74) is 0.523. The smallest absolute Gasteiger partial charge is 0.422 e. The van der Waals surface area contributed by atoms with Crippen molar-refractivity contribution in [1.82, 2.24) is 9.97 Å². The fourth-order valence-corrected chi connectivity index (χ4v) is 3.25. The fraction of sp³-hybridized carbons (Fsp3) is 0.118. The van der Waals surface area contributed by atoms with Crippen LogP contribution in [0.4, 0.5) is 18.3 Å². The van der Waals surface area contributed by atoms with E-state index in [0.717, 1.165) is 17.7 Å². The molecule has 4 rings (SSSR count). The van der Waals surface area contributed by atoms with Crippen molar-refractivity contribution in [3.05, 3.63) is 48.7 Å². The van der Waals surface area contributed by atoms with Gasteiger partial charge in [0.1, 0.15) is 5.75 Å². The van der Waals surface area contributed by atoms with E-state index in [1.165, 1.54) is 24.5 Å². The van der Waals surface area contributed by atoms with Crippen LogP contribution in [0.2, 0.25) is 0 Å². The van der Waals surface area contributed by atoms with Crippen LogP contribution in [0.15, 0.2) is 51.8 Å². The van der Waals surface area contributed by atoms with Crippen molar-refractivity contribution in [2.24, 2.45) is 0 Å². The Morgan fingerprint density at radius 1 is 1.25 bits per heavy atom. The Balaban J connectivity index is 1.52. The minimum atomic E-state index is -4.43. The number of nitrogens with zero attached hydrogens (tertiary/aromatic N) is 2. The van der Waals surface area contributed by atoms with Gasteiger partial charge in [0.25, 0.3) is 5.91 Å². The predicted molar refractivity (Wildman–Crippen MR) is 93.3 cm³/mol. The topological polar surface area (TPSA) is 90.4 Å². The van der Waals surface area contributed by atoms with E-state index in [2.05, 4.69) is 15.3 Å². The average Bonchev–Trinajstić information content (AvgIpc) is 3.37. The standard InChI is InChI=1S/C17H10F3N3O4S/c18-17(19,20)7-26-9-3-4-10-12(6-9)28-16(22-10)23-15(24)13-14(27-8-21-13)11-2-1-5-25-11/h1-6,8H,7H2,(H,22,23,24). The summed E-state index contributed by atoms with van der Waals surface area (Å²) in [5, 5.41) is 2.85. The number of benzene rings is 1. The van der Waals surface area contributed by atoms with Gasteiger partial charge >= 0.3 is 6.18 Å². The van der Waals surface area contributed by atoms with Crippen molar-refractivity contribution in [2.75, 3.05) is 11.9 Å². The van der Waals surface area contributed by atoms with Crippen molar-refractivity contribution in [3.8, 4) is 17.3 Å². The summed E-state index contributed by atoms with van der Waals surface area (Å²) in [6.45, 7) is -1.39. The lowest BCUT2D eigenvalue weighted by Crippen LogP contribution is -2.19. The van der Waals surface area contributed by atoms with Crippen molar-refractivity contribution < 1.29 is 31.5 Å². The number of rotatable bonds is 5. The first kappa shape index (κ1) is 18.0. The third kappa shape index (κ3) is 3.83. The van der Waals surface area contributed by atoms with Crippen molar-refractivity contribution >= 4 is 32.6 Å². The van der Waals surface area contributed by atoms with E-state index in [1.807, 2.05) is 0 Å². The maximum Gasteiger partial charge on any atom is 0.422 e. The summed E-state index contributed by atoms with van der Waals surface area (Å²) in [6.07, 6.45) is -1.87. The Labute approximate surface area is 158 Å². The Morgan fingerprint density at radius 3 is 2.86 bits per heavy atom. The molecule has 144 valence electrons. The number of ether oxygens (including phenoxy) is 1. The number of thiazole rings is 1. The van der Waals surface area contributed by atoms with Gasteiger partial charge < -0.3 is 13.6 Å². The van der Waals surface area contributed by atoms with Crippen LogP contribution in [0.3, 0.4) is 0 Å². The van der Waals surface area contributed by atoms with Gasteiger partial charge in [-0.15, -0.1) is 0 Å². The molecule has 0 spiro atoms. The predicted octanol–water partition coefficient (Wildman–Crippen LogP) is 4.74. The molecule has 0 saturated carbocycles. The van der Waals surface area contributed by atoms with E-state index in [1.54, 1.807) is 12.1 Å². The van der Waals surface area contributed by atoms with Gasteiger partial charge in [-0.25, -0.2) is 9.97 Å². The van der Waals surface area contributed by atoms with Crippen LogP contribution >= 0.6 is 11.3 Å². The number of nitrogens with one attached hydrogen (secondary N) is 1. The van der Waals surface area contributed by atoms with Crippen LogP contribution in [-0.2, 0) is 0 Å². The lowest BCUT2D eigenvalue weighted by atomic mass is 10.2. The molecule has 0 aliphatic rings. The van der Waals surface area contributed by atoms with Gasteiger partial charge in [0.05, 0.1) is 16.5 Å². The number of hydrogen-bond donors (Lipinski definition) is 1. The van der Waals surface area contributed by atoms with Gasteiger partial charge in [0.2, 0.25) is 5.76 Å². The number of amides is 1. The first-order valence-corrected chi connectivity index (χ1v) is 8.59. The molecule has 0 radical (unpaired) electrons. The Morgan fingerprint density at radius 2 is 2.11 bits per heavy atom. The lowest BCUT2D eigenvalue weighted by molar-refractivity contribution is -0.153. The molecular formula is C17H10F3N3O4S. The highest BCUT2D eigenvalue weighted by Crippen LogP contribution is 2.31. The van der Waals surface area contributed by atoms with Gasteiger partial charge in [-0.3, -0.25) is 10.1 Å². The highest BCUT2D eigenvalue weighted by atomic mass is 32.1. The minimum absolute atomic E-state index is 0.0170. The van der Waals surface area contributed by atoms with Gasteiger partial charge in [-0.2, -0.15) is 13.2 Å². The van der Waals surface area contributed by atoms with Crippen molar-refractivity contribution in [3.63, 3.8) is 0 Å². The third-order valence-electron chi connectivity index (χ3n) is 3.51. The summed E-state index contributed by atoms with van der Waals surface area (Å²) in [6, 6.07) is 7.59. The average molecular weight is 409 g/mol. The maximum atomic E-state index is 12.5. The molecule has 3 aromatic heterocycles. The quantitative estimate of drug-likeness (QED) is 0.512. The molecule has 1 N–H and O–H groups in total. The van der Waals surface area contributed by atoms with E-state index in [0.29, 0.717) is 16.0 Å². The van der Waals surface area contributed by atoms with Crippen molar-refractivity contribution in [2.45, 2.75) is 6.18 Å². The van der Waals surface area contributed by atoms with Crippen LogP contribution < -0.4 is 10.1 Å². The van der Waals surface area contributed by atoms with Crippen LogP contribution in [0.1, 0.15) is 10.5 Å². The monoisotopic (exact) mass is 409 g/mol. The highest BCUT2D eigenvalue weighted by molar-refractivity contribution is 7.22. The molecule has 0 aliphatic heterocycles. The first-order valence-electron chi connectivity index (χ1n) is 7.78. The number of oxazole rings is 1. The molecule has 0 bridgehead atoms. The second-order valence-corrected chi connectivity index (χ2v) is 6.54. The molecule has 3 heterocycles. The number of hydrogen-bond acceptors (Lipinski definition) is 7. The molecule has 11 heteroatoms. The maximum absolute atomic E-state index is 12.5. The first-order chi connectivity index (χ1) is 13.4. The Bertz CT molecular complexity index is 1120. The van der Waals surface area contributed by atoms with E-state index in [9.17, 15) is 18.0 Å². The molecule has 7 nitrogen and oxygen atoms in total. The van der Waals surface area contributed by atoms with Crippen LogP contribution in [-0.4, -0.2) is 28.7 Å². The molecule has 28 heavy (non-hydrogen) atoms. The van der Waals surface area contributed by atoms with E-state index >= 15 is 0 Å². The summed E-state index contributed by atoms with van der Waals surface area (Å²) in [7, 11) is 0. The summed E-state index contributed by atoms with van der Waals surface area (Å²) in [5.74, 6) is 0.0144. The van der Waals surface area contributed by atoms with Crippen LogP contribution in [0.5, 0.6) is 5.75 Å². The second kappa shape index (κ2) is 7.00. The van der Waals surface area contributed by atoms with Gasteiger partial charge in [0.15, 0.2) is 29.6 Å². The number of anilines is 1. The van der Waals surface area contributed by atoms with Crippen molar-refractivity contribution in [1.29, 1.82) is 0 Å². The highest BCUT2D eigenvalue weighted by Gasteiger charge is 2.28. The molecular weight excluding hydrogens is 399 g/mol. The minimum Gasteiger partial charge on any atom is -0.484 e. The normalized spacial score (nSPS) is 11.7.